The lowest BCUT2D eigenvalue weighted by atomic mass is 10.0. The Balaban J connectivity index is -0.000000264. The summed E-state index contributed by atoms with van der Waals surface area (Å²) in [5, 5.41) is 3.67. The Labute approximate surface area is 308 Å². The molecule has 2 saturated carbocycles. The Morgan fingerprint density at radius 2 is 0.940 bits per heavy atom. The first-order valence-electron chi connectivity index (χ1n) is 20.4. The molecule has 0 aromatic carbocycles. The lowest BCUT2D eigenvalue weighted by Crippen LogP contribution is -2.21. The van der Waals surface area contributed by atoms with Gasteiger partial charge in [-0.1, -0.05) is 174 Å². The zero-order valence-corrected chi connectivity index (χ0v) is 35.2. The summed E-state index contributed by atoms with van der Waals surface area (Å²) in [5.74, 6) is 0.747. The minimum Gasteiger partial charge on any atom is -0.310 e. The van der Waals surface area contributed by atoms with Gasteiger partial charge in [-0.2, -0.15) is 0 Å². The van der Waals surface area contributed by atoms with Crippen molar-refractivity contribution in [3.05, 3.63) is 52.1 Å². The van der Waals surface area contributed by atoms with Gasteiger partial charge in [0, 0.05) is 29.1 Å². The molecule has 2 fully saturated rings. The normalized spacial score (nSPS) is 12.6. The third-order valence-electron chi connectivity index (χ3n) is 6.67. The predicted molar refractivity (Wildman–Crippen MR) is 221 cm³/mol. The van der Waals surface area contributed by atoms with Crippen LogP contribution >= 0.6 is 0 Å². The van der Waals surface area contributed by atoms with Crippen LogP contribution in [0.25, 0.3) is 11.0 Å². The average Bonchev–Trinajstić information content (AvgIpc) is 3.96. The van der Waals surface area contributed by atoms with Crippen LogP contribution in [-0.4, -0.2) is 30.8 Å². The third-order valence-corrected chi connectivity index (χ3v) is 6.67. The number of H-pyrrole nitrogens is 1. The molecule has 3 aromatic rings. The van der Waals surface area contributed by atoms with E-state index in [9.17, 15) is 9.59 Å². The van der Waals surface area contributed by atoms with Crippen LogP contribution in [0.2, 0.25) is 0 Å². The van der Waals surface area contributed by atoms with Crippen LogP contribution in [0.5, 0.6) is 0 Å². The zero-order valence-electron chi connectivity index (χ0n) is 35.2. The molecule has 0 radical (unpaired) electrons. The molecular formula is C42H80N6O2. The third kappa shape index (κ3) is 26.7. The summed E-state index contributed by atoms with van der Waals surface area (Å²) in [6, 6.07) is 3.25. The number of rotatable bonds is 2. The maximum absolute atomic E-state index is 11.1. The van der Waals surface area contributed by atoms with E-state index in [1.54, 1.807) is 6.07 Å². The number of aromatic amines is 1. The molecular weight excluding hydrogens is 621 g/mol. The van der Waals surface area contributed by atoms with Gasteiger partial charge in [0.2, 0.25) is 11.5 Å². The van der Waals surface area contributed by atoms with E-state index in [1.807, 2.05) is 62.3 Å². The van der Waals surface area contributed by atoms with Crippen molar-refractivity contribution >= 4 is 22.8 Å². The summed E-state index contributed by atoms with van der Waals surface area (Å²) in [5.41, 5.74) is 3.59. The minimum atomic E-state index is -0.131. The molecule has 290 valence electrons. The van der Waals surface area contributed by atoms with Gasteiger partial charge >= 0.3 is 0 Å². The average molecular weight is 701 g/mol. The van der Waals surface area contributed by atoms with Gasteiger partial charge in [0.15, 0.2) is 0 Å². The Kier molecular flexibility index (Phi) is 45.1. The molecule has 2 N–H and O–H groups in total. The smallest absolute Gasteiger partial charge is 0.249 e. The quantitative estimate of drug-likeness (QED) is 0.275. The number of aromatic nitrogens is 5. The number of hydrogen-bond acceptors (Lipinski definition) is 6. The molecule has 8 nitrogen and oxygen atoms in total. The molecule has 0 unspecified atom stereocenters. The monoisotopic (exact) mass is 701 g/mol. The minimum absolute atomic E-state index is 0.0493. The van der Waals surface area contributed by atoms with Crippen molar-refractivity contribution in [3.63, 3.8) is 0 Å². The number of fused-ring (bicyclic) bond motifs is 2. The molecule has 4 heterocycles. The summed E-state index contributed by atoms with van der Waals surface area (Å²) in [6.45, 7) is 28.6. The second kappa shape index (κ2) is 42.0. The number of hydrogen-bond donors (Lipinski definition) is 2. The largest absolute Gasteiger partial charge is 0.310 e. The number of nitrogens with zero attached hydrogens (tertiary/aromatic N) is 4. The van der Waals surface area contributed by atoms with E-state index in [1.165, 1.54) is 95.8 Å². The van der Waals surface area contributed by atoms with Crippen LogP contribution < -0.4 is 10.9 Å². The number of amides is 1. The van der Waals surface area contributed by atoms with E-state index >= 15 is 0 Å². The van der Waals surface area contributed by atoms with E-state index in [4.69, 9.17) is 0 Å². The highest BCUT2D eigenvalue weighted by molar-refractivity contribution is 5.92. The molecule has 1 aliphatic heterocycles. The van der Waals surface area contributed by atoms with E-state index < -0.39 is 0 Å². The highest BCUT2D eigenvalue weighted by Crippen LogP contribution is 2.22. The molecule has 2 aliphatic carbocycles. The fourth-order valence-corrected chi connectivity index (χ4v) is 4.63. The number of aryl methyl sites for hydroxylation is 2. The fourth-order valence-electron chi connectivity index (χ4n) is 4.63. The van der Waals surface area contributed by atoms with Crippen molar-refractivity contribution < 1.29 is 4.79 Å². The zero-order chi connectivity index (χ0) is 39.0. The standard InChI is InChI=1S/C9H11N3O.C9H9N3O.2C5H10.2C3H8.4C2H6/c2*1-2-7-6-3-4-8(13)12-9(6)11-5-10-7;2*1-2-4-5-3-1;2*1-3-2;4*1-2/h5H,2-4H2,1H3,(H,10,11,12,13);3-5H,2H2,1H3,(H,10,11,12,13);2*1-5H2;2*3H2,1-2H3;4*1-2H3. The molecule has 0 bridgehead atoms. The van der Waals surface area contributed by atoms with Crippen molar-refractivity contribution in [1.29, 1.82) is 0 Å². The highest BCUT2D eigenvalue weighted by Gasteiger charge is 2.18. The summed E-state index contributed by atoms with van der Waals surface area (Å²) < 4.78 is 0. The second-order valence-electron chi connectivity index (χ2n) is 10.8. The first-order chi connectivity index (χ1) is 24.4. The Morgan fingerprint density at radius 1 is 0.540 bits per heavy atom. The number of nitrogens with one attached hydrogen (secondary N) is 2. The van der Waals surface area contributed by atoms with Gasteiger partial charge in [0.05, 0.1) is 5.69 Å². The van der Waals surface area contributed by atoms with Crippen LogP contribution in [-0.2, 0) is 24.1 Å². The topological polar surface area (TPSA) is 114 Å². The molecule has 1 amide bonds. The molecule has 6 rings (SSSR count). The first kappa shape index (κ1) is 53.6. The van der Waals surface area contributed by atoms with Crippen molar-refractivity contribution in [2.24, 2.45) is 0 Å². The van der Waals surface area contributed by atoms with Crippen molar-refractivity contribution in [2.75, 3.05) is 5.32 Å². The van der Waals surface area contributed by atoms with Crippen LogP contribution in [0.1, 0.15) is 197 Å². The van der Waals surface area contributed by atoms with Crippen molar-refractivity contribution in [2.45, 2.75) is 200 Å². The molecule has 3 aliphatic rings. The summed E-state index contributed by atoms with van der Waals surface area (Å²) in [6.07, 6.45) is 23.5. The van der Waals surface area contributed by atoms with Gasteiger partial charge in [-0.15, -0.1) is 0 Å². The van der Waals surface area contributed by atoms with Crippen LogP contribution in [0.4, 0.5) is 5.82 Å². The van der Waals surface area contributed by atoms with E-state index in [0.717, 1.165) is 41.6 Å². The van der Waals surface area contributed by atoms with Crippen LogP contribution in [0, 0.1) is 0 Å². The van der Waals surface area contributed by atoms with Gasteiger partial charge in [0.1, 0.15) is 24.1 Å². The van der Waals surface area contributed by atoms with Gasteiger partial charge < -0.3 is 10.3 Å². The number of carbonyl (C=O) groups is 1. The van der Waals surface area contributed by atoms with Gasteiger partial charge in [-0.05, 0) is 25.3 Å². The Bertz CT molecular complexity index is 1160. The summed E-state index contributed by atoms with van der Waals surface area (Å²) in [7, 11) is 0. The predicted octanol–water partition coefficient (Wildman–Crippen LogP) is 12.6. The molecule has 8 heteroatoms. The van der Waals surface area contributed by atoms with Crippen LogP contribution in [0.3, 0.4) is 0 Å². The Morgan fingerprint density at radius 3 is 1.36 bits per heavy atom. The lowest BCUT2D eigenvalue weighted by molar-refractivity contribution is -0.116. The van der Waals surface area contributed by atoms with Gasteiger partial charge in [0.25, 0.3) is 0 Å². The van der Waals surface area contributed by atoms with Crippen molar-refractivity contribution in [1.82, 2.24) is 24.9 Å². The SMILES string of the molecule is C1CCCC1.C1CCCC1.CC.CC.CC.CC.CCC.CCC.CCc1ncnc2[nH]c(=O)ccc12.CCc1ncnc2c1CCC(=O)N2. The Hall–Kier alpha value is -3.16. The highest BCUT2D eigenvalue weighted by atomic mass is 16.1. The van der Waals surface area contributed by atoms with Crippen molar-refractivity contribution in [3.8, 4) is 0 Å². The van der Waals surface area contributed by atoms with E-state index in [-0.39, 0.29) is 11.5 Å². The molecule has 0 atom stereocenters. The molecule has 3 aromatic heterocycles. The number of carbonyl (C=O) groups excluding carboxylic acids is 1. The molecule has 0 spiro atoms. The maximum atomic E-state index is 11.1. The molecule has 50 heavy (non-hydrogen) atoms. The molecule has 0 saturated heterocycles. The van der Waals surface area contributed by atoms with Gasteiger partial charge in [-0.3, -0.25) is 9.59 Å². The number of anilines is 1. The van der Waals surface area contributed by atoms with E-state index in [0.29, 0.717) is 17.9 Å². The lowest BCUT2D eigenvalue weighted by Gasteiger charge is -2.16. The summed E-state index contributed by atoms with van der Waals surface area (Å²) >= 11 is 0. The first-order valence-corrected chi connectivity index (χ1v) is 20.4. The summed E-state index contributed by atoms with van der Waals surface area (Å²) in [4.78, 5) is 41.0. The fraction of sp³-hybridized carbons (Fsp3) is 0.714. The van der Waals surface area contributed by atoms with Gasteiger partial charge in [-0.25, -0.2) is 19.9 Å². The van der Waals surface area contributed by atoms with Crippen LogP contribution in [0.15, 0.2) is 29.6 Å². The second-order valence-corrected chi connectivity index (χ2v) is 10.8. The van der Waals surface area contributed by atoms with E-state index in [2.05, 4.69) is 64.9 Å². The number of pyridine rings is 1. The maximum Gasteiger partial charge on any atom is 0.249 e.